The zero-order valence-corrected chi connectivity index (χ0v) is 26.4. The molecule has 4 heterocycles. The van der Waals surface area contributed by atoms with Crippen LogP contribution in [-0.2, 0) is 6.42 Å². The molecule has 224 valence electrons. The van der Waals surface area contributed by atoms with Gasteiger partial charge >= 0.3 is 0 Å². The highest BCUT2D eigenvalue weighted by Crippen LogP contribution is 2.39. The van der Waals surface area contributed by atoms with Gasteiger partial charge in [0.1, 0.15) is 0 Å². The van der Waals surface area contributed by atoms with Crippen LogP contribution in [0.1, 0.15) is 61.2 Å². The third-order valence-corrected chi connectivity index (χ3v) is 9.09. The number of allylic oxidation sites excluding steroid dienone is 4. The number of para-hydroxylation sites is 1. The Bertz CT molecular complexity index is 2240. The van der Waals surface area contributed by atoms with Crippen LogP contribution < -0.4 is 0 Å². The summed E-state index contributed by atoms with van der Waals surface area (Å²) >= 11 is 0. The summed E-state index contributed by atoms with van der Waals surface area (Å²) in [5.41, 5.74) is 12.4. The predicted octanol–water partition coefficient (Wildman–Crippen LogP) is 10.3. The smallest absolute Gasteiger partial charge is 0.160 e. The fourth-order valence-corrected chi connectivity index (χ4v) is 6.59. The first kappa shape index (κ1) is 28.2. The third kappa shape index (κ3) is 5.12. The summed E-state index contributed by atoms with van der Waals surface area (Å²) in [5, 5.41) is 2.09. The van der Waals surface area contributed by atoms with E-state index in [4.69, 9.17) is 24.9 Å². The maximum atomic E-state index is 5.31. The van der Waals surface area contributed by atoms with Crippen LogP contribution in [0, 0.1) is 6.92 Å². The van der Waals surface area contributed by atoms with E-state index in [-0.39, 0.29) is 11.8 Å². The summed E-state index contributed by atoms with van der Waals surface area (Å²) in [4.78, 5) is 25.5. The minimum atomic E-state index is 0.173. The molecule has 8 rings (SSSR count). The van der Waals surface area contributed by atoms with Crippen LogP contribution in [-0.4, -0.2) is 26.2 Å². The molecule has 3 aromatic heterocycles. The predicted molar refractivity (Wildman–Crippen MR) is 190 cm³/mol. The molecule has 5 heteroatoms. The molecule has 1 atom stereocenters. The van der Waals surface area contributed by atoms with E-state index in [2.05, 4.69) is 117 Å². The number of nitrogens with zero attached hydrogens (tertiary/aromatic N) is 5. The Labute approximate surface area is 269 Å². The van der Waals surface area contributed by atoms with Crippen molar-refractivity contribution in [3.8, 4) is 33.8 Å². The fourth-order valence-electron chi connectivity index (χ4n) is 6.59. The first-order valence-corrected chi connectivity index (χ1v) is 16.2. The normalized spacial score (nSPS) is 15.6. The molecule has 0 N–H and O–H groups in total. The standard InChI is InChI=1S/C41H35N5/c1-25(2)35-23-34(33-20-19-29-18-17-26(3)43-39(29)40(33)44-35)41-45-36(27-10-5-4-6-11-27)24-37(46-41)31-14-7-13-30(22-31)32-16-8-12-28-15-9-21-42-38(28)32/h4-8,10,12-14,16-25,27H,9,11,15H2,1-3H3. The van der Waals surface area contributed by atoms with E-state index in [1.807, 2.05) is 13.1 Å². The van der Waals surface area contributed by atoms with Crippen molar-refractivity contribution in [2.75, 3.05) is 0 Å². The van der Waals surface area contributed by atoms with E-state index in [0.717, 1.165) is 91.8 Å². The number of fused-ring (bicyclic) bond motifs is 4. The third-order valence-electron chi connectivity index (χ3n) is 9.09. The molecular weight excluding hydrogens is 562 g/mol. The number of benzene rings is 3. The summed E-state index contributed by atoms with van der Waals surface area (Å²) in [6.45, 7) is 6.39. The highest BCUT2D eigenvalue weighted by molar-refractivity contribution is 6.07. The second-order valence-electron chi connectivity index (χ2n) is 12.6. The molecule has 1 aliphatic heterocycles. The average molecular weight is 598 g/mol. The van der Waals surface area contributed by atoms with Gasteiger partial charge in [-0.25, -0.2) is 9.97 Å². The SMILES string of the molecule is Cc1ccc2ccc3c(-c4nc(-c5cccc(-c6cccc7c6N=CCC7)c5)cc(C5C=CC=CC5)n4)cc(C(C)C)nc3c2n1. The van der Waals surface area contributed by atoms with Crippen LogP contribution in [0.25, 0.3) is 55.6 Å². The minimum absolute atomic E-state index is 0.173. The Hall–Kier alpha value is -5.29. The maximum Gasteiger partial charge on any atom is 0.160 e. The van der Waals surface area contributed by atoms with Crippen LogP contribution in [0.5, 0.6) is 0 Å². The Kier molecular flexibility index (Phi) is 7.09. The molecule has 0 saturated carbocycles. The molecule has 3 aromatic carbocycles. The molecule has 0 amide bonds. The zero-order chi connectivity index (χ0) is 31.2. The summed E-state index contributed by atoms with van der Waals surface area (Å²) < 4.78 is 0. The van der Waals surface area contributed by atoms with Crippen molar-refractivity contribution in [1.29, 1.82) is 0 Å². The number of hydrogen-bond donors (Lipinski definition) is 0. The molecule has 1 unspecified atom stereocenters. The molecule has 0 spiro atoms. The highest BCUT2D eigenvalue weighted by Gasteiger charge is 2.20. The van der Waals surface area contributed by atoms with Gasteiger partial charge in [0.05, 0.1) is 28.1 Å². The first-order valence-electron chi connectivity index (χ1n) is 16.2. The molecule has 0 bridgehead atoms. The number of hydrogen-bond acceptors (Lipinski definition) is 5. The van der Waals surface area contributed by atoms with Crippen molar-refractivity contribution >= 4 is 33.7 Å². The summed E-state index contributed by atoms with van der Waals surface area (Å²) in [7, 11) is 0. The van der Waals surface area contributed by atoms with Gasteiger partial charge < -0.3 is 0 Å². The monoisotopic (exact) mass is 597 g/mol. The lowest BCUT2D eigenvalue weighted by molar-refractivity contribution is 0.810. The average Bonchev–Trinajstić information content (AvgIpc) is 3.11. The van der Waals surface area contributed by atoms with Gasteiger partial charge in [0.25, 0.3) is 0 Å². The lowest BCUT2D eigenvalue weighted by Crippen LogP contribution is -2.05. The minimum Gasteiger partial charge on any atom is -0.260 e. The lowest BCUT2D eigenvalue weighted by Gasteiger charge is -2.18. The van der Waals surface area contributed by atoms with Crippen molar-refractivity contribution in [1.82, 2.24) is 19.9 Å². The fraction of sp³-hybridized carbons (Fsp3) is 0.195. The van der Waals surface area contributed by atoms with Gasteiger partial charge in [-0.05, 0) is 67.5 Å². The Morgan fingerprint density at radius 3 is 2.50 bits per heavy atom. The molecule has 0 saturated heterocycles. The van der Waals surface area contributed by atoms with Gasteiger partial charge in [-0.3, -0.25) is 15.0 Å². The second-order valence-corrected chi connectivity index (χ2v) is 12.6. The summed E-state index contributed by atoms with van der Waals surface area (Å²) in [6, 6.07) is 28.0. The van der Waals surface area contributed by atoms with Gasteiger partial charge in [-0.2, -0.15) is 0 Å². The van der Waals surface area contributed by atoms with Crippen molar-refractivity contribution in [2.24, 2.45) is 4.99 Å². The Morgan fingerprint density at radius 1 is 0.761 bits per heavy atom. The van der Waals surface area contributed by atoms with Crippen LogP contribution in [0.3, 0.4) is 0 Å². The van der Waals surface area contributed by atoms with Crippen LogP contribution in [0.4, 0.5) is 5.69 Å². The van der Waals surface area contributed by atoms with Crippen LogP contribution in [0.15, 0.2) is 108 Å². The Morgan fingerprint density at radius 2 is 1.63 bits per heavy atom. The zero-order valence-electron chi connectivity index (χ0n) is 26.4. The molecule has 5 nitrogen and oxygen atoms in total. The topological polar surface area (TPSA) is 63.9 Å². The molecule has 1 aliphatic carbocycles. The summed E-state index contributed by atoms with van der Waals surface area (Å²) in [5.74, 6) is 1.12. The maximum absolute atomic E-state index is 5.31. The number of pyridine rings is 2. The van der Waals surface area contributed by atoms with E-state index in [9.17, 15) is 0 Å². The number of aromatic nitrogens is 4. The van der Waals surface area contributed by atoms with Gasteiger partial charge in [-0.1, -0.05) is 92.7 Å². The molecule has 0 radical (unpaired) electrons. The van der Waals surface area contributed by atoms with E-state index >= 15 is 0 Å². The van der Waals surface area contributed by atoms with Crippen LogP contribution in [0.2, 0.25) is 0 Å². The largest absolute Gasteiger partial charge is 0.260 e. The Balaban J connectivity index is 1.35. The number of aliphatic imine (C=N–C) groups is 1. The van der Waals surface area contributed by atoms with E-state index < -0.39 is 0 Å². The summed E-state index contributed by atoms with van der Waals surface area (Å²) in [6.07, 6.45) is 13.6. The van der Waals surface area contributed by atoms with Crippen molar-refractivity contribution in [3.63, 3.8) is 0 Å². The lowest BCUT2D eigenvalue weighted by atomic mass is 9.93. The van der Waals surface area contributed by atoms with Crippen molar-refractivity contribution in [3.05, 3.63) is 126 Å². The van der Waals surface area contributed by atoms with Crippen molar-refractivity contribution < 1.29 is 0 Å². The highest BCUT2D eigenvalue weighted by atomic mass is 14.9. The molecule has 6 aromatic rings. The molecule has 46 heavy (non-hydrogen) atoms. The second kappa shape index (κ2) is 11.6. The molecule has 0 fully saturated rings. The first-order chi connectivity index (χ1) is 22.5. The van der Waals surface area contributed by atoms with Gasteiger partial charge in [-0.15, -0.1) is 0 Å². The number of aryl methyl sites for hydroxylation is 2. The van der Waals surface area contributed by atoms with Gasteiger partial charge in [0.15, 0.2) is 5.82 Å². The molecular formula is C41H35N5. The van der Waals surface area contributed by atoms with E-state index in [1.54, 1.807) is 0 Å². The quantitative estimate of drug-likeness (QED) is 0.186. The molecule has 2 aliphatic rings. The van der Waals surface area contributed by atoms with Gasteiger partial charge in [0.2, 0.25) is 0 Å². The van der Waals surface area contributed by atoms with Crippen molar-refractivity contribution in [2.45, 2.75) is 51.9 Å². The van der Waals surface area contributed by atoms with E-state index in [1.165, 1.54) is 5.56 Å². The number of rotatable bonds is 5. The van der Waals surface area contributed by atoms with Gasteiger partial charge in [0, 0.05) is 51.0 Å². The van der Waals surface area contributed by atoms with Crippen LogP contribution >= 0.6 is 0 Å². The van der Waals surface area contributed by atoms with E-state index in [0.29, 0.717) is 5.82 Å².